The highest BCUT2D eigenvalue weighted by Crippen LogP contribution is 2.44. The minimum absolute atomic E-state index is 0.0332. The van der Waals surface area contributed by atoms with Gasteiger partial charge in [-0.2, -0.15) is 0 Å². The summed E-state index contributed by atoms with van der Waals surface area (Å²) in [5, 5.41) is 19.6. The second kappa shape index (κ2) is 6.43. The van der Waals surface area contributed by atoms with Crippen LogP contribution in [0.4, 0.5) is 0 Å². The molecule has 25 heavy (non-hydrogen) atoms. The number of carbonyl (C=O) groups is 1. The number of fused-ring (bicyclic) bond motifs is 1. The summed E-state index contributed by atoms with van der Waals surface area (Å²) >= 11 is 0. The lowest BCUT2D eigenvalue weighted by molar-refractivity contribution is 0.0890. The van der Waals surface area contributed by atoms with Crippen molar-refractivity contribution in [2.75, 3.05) is 27.9 Å². The van der Waals surface area contributed by atoms with E-state index in [1.807, 2.05) is 0 Å². The lowest BCUT2D eigenvalue weighted by Crippen LogP contribution is -2.26. The van der Waals surface area contributed by atoms with Crippen molar-refractivity contribution in [3.05, 3.63) is 35.4 Å². The van der Waals surface area contributed by atoms with Crippen molar-refractivity contribution in [3.8, 4) is 34.5 Å². The minimum atomic E-state index is -0.697. The first-order valence-electron chi connectivity index (χ1n) is 7.53. The summed E-state index contributed by atoms with van der Waals surface area (Å²) in [5.74, 6) is -0.0101. The Kier molecular flexibility index (Phi) is 4.31. The van der Waals surface area contributed by atoms with Gasteiger partial charge in [-0.3, -0.25) is 4.79 Å². The highest BCUT2D eigenvalue weighted by molar-refractivity contribution is 6.07. The second-order valence-corrected chi connectivity index (χ2v) is 5.52. The van der Waals surface area contributed by atoms with Crippen LogP contribution >= 0.6 is 0 Å². The maximum Gasteiger partial charge on any atom is 0.181 e. The van der Waals surface area contributed by atoms with Gasteiger partial charge in [0.2, 0.25) is 0 Å². The molecule has 7 heteroatoms. The van der Waals surface area contributed by atoms with Gasteiger partial charge in [0.15, 0.2) is 17.3 Å². The molecule has 0 fully saturated rings. The molecule has 1 aliphatic rings. The van der Waals surface area contributed by atoms with E-state index in [0.29, 0.717) is 22.8 Å². The van der Waals surface area contributed by atoms with Crippen molar-refractivity contribution in [2.45, 2.75) is 5.92 Å². The topological polar surface area (TPSA) is 94.5 Å². The van der Waals surface area contributed by atoms with E-state index in [2.05, 4.69) is 0 Å². The van der Waals surface area contributed by atoms with E-state index in [-0.39, 0.29) is 35.2 Å². The molecule has 0 aliphatic carbocycles. The van der Waals surface area contributed by atoms with Gasteiger partial charge in [-0.15, -0.1) is 0 Å². The zero-order chi connectivity index (χ0) is 18.1. The van der Waals surface area contributed by atoms with Crippen LogP contribution in [-0.2, 0) is 0 Å². The predicted octanol–water partition coefficient (Wildman–Crippen LogP) is 2.48. The Labute approximate surface area is 144 Å². The molecule has 0 aromatic heterocycles. The zero-order valence-electron chi connectivity index (χ0n) is 14.0. The molecule has 0 spiro atoms. The monoisotopic (exact) mass is 346 g/mol. The summed E-state index contributed by atoms with van der Waals surface area (Å²) in [7, 11) is 4.49. The highest BCUT2D eigenvalue weighted by Gasteiger charge is 2.35. The van der Waals surface area contributed by atoms with Gasteiger partial charge in [0.25, 0.3) is 0 Å². The fourth-order valence-electron chi connectivity index (χ4n) is 2.93. The summed E-state index contributed by atoms with van der Waals surface area (Å²) in [6.07, 6.45) is 0. The van der Waals surface area contributed by atoms with Crippen LogP contribution in [0.1, 0.15) is 21.8 Å². The Morgan fingerprint density at radius 1 is 0.960 bits per heavy atom. The lowest BCUT2D eigenvalue weighted by Gasteiger charge is -2.26. The van der Waals surface area contributed by atoms with E-state index < -0.39 is 5.92 Å². The first kappa shape index (κ1) is 16.8. The Morgan fingerprint density at radius 2 is 1.60 bits per heavy atom. The molecule has 3 rings (SSSR count). The molecule has 0 saturated carbocycles. The standard InChI is InChI=1S/C18H18O7/c1-22-13-7-15(24-3)14(23-2)6-10(13)11-8-25-16-5-9(19)4-12(20)17(16)18(11)21/h4-7,11,19-20H,8H2,1-3H3. The van der Waals surface area contributed by atoms with Crippen molar-refractivity contribution in [1.82, 2.24) is 0 Å². The van der Waals surface area contributed by atoms with Crippen LogP contribution in [0.5, 0.6) is 34.5 Å². The fraction of sp³-hybridized carbons (Fsp3) is 0.278. The van der Waals surface area contributed by atoms with Crippen LogP contribution in [0.2, 0.25) is 0 Å². The number of hydrogen-bond donors (Lipinski definition) is 2. The van der Waals surface area contributed by atoms with Gasteiger partial charge in [-0.1, -0.05) is 0 Å². The molecular weight excluding hydrogens is 328 g/mol. The molecule has 1 heterocycles. The molecule has 0 radical (unpaired) electrons. The van der Waals surface area contributed by atoms with Crippen LogP contribution in [0, 0.1) is 0 Å². The van der Waals surface area contributed by atoms with Crippen LogP contribution in [0.3, 0.4) is 0 Å². The van der Waals surface area contributed by atoms with E-state index in [9.17, 15) is 15.0 Å². The number of methoxy groups -OCH3 is 3. The lowest BCUT2D eigenvalue weighted by atomic mass is 9.87. The minimum Gasteiger partial charge on any atom is -0.508 e. The Hall–Kier alpha value is -3.09. The summed E-state index contributed by atoms with van der Waals surface area (Å²) in [4.78, 5) is 12.9. The Bertz CT molecular complexity index is 829. The van der Waals surface area contributed by atoms with Gasteiger partial charge in [-0.25, -0.2) is 0 Å². The number of ketones is 1. The molecule has 1 aliphatic heterocycles. The maximum atomic E-state index is 12.9. The molecule has 2 aromatic carbocycles. The third-order valence-electron chi connectivity index (χ3n) is 4.15. The number of benzene rings is 2. The summed E-state index contributed by atoms with van der Waals surface area (Å²) in [5.41, 5.74) is 0.592. The summed E-state index contributed by atoms with van der Waals surface area (Å²) in [6.45, 7) is 0.0422. The third kappa shape index (κ3) is 2.77. The molecule has 2 N–H and O–H groups in total. The number of phenols is 2. The normalized spacial score (nSPS) is 16.0. The SMILES string of the molecule is COc1cc(OC)c(C2COc3cc(O)cc(O)c3C2=O)cc1OC. The van der Waals surface area contributed by atoms with E-state index in [4.69, 9.17) is 18.9 Å². The number of Topliss-reactive ketones (excluding diaryl/α,β-unsaturated/α-hetero) is 1. The van der Waals surface area contributed by atoms with Crippen LogP contribution in [-0.4, -0.2) is 43.9 Å². The largest absolute Gasteiger partial charge is 0.508 e. The smallest absolute Gasteiger partial charge is 0.181 e. The number of rotatable bonds is 4. The van der Waals surface area contributed by atoms with Crippen molar-refractivity contribution in [1.29, 1.82) is 0 Å². The van der Waals surface area contributed by atoms with Crippen molar-refractivity contribution >= 4 is 5.78 Å². The predicted molar refractivity (Wildman–Crippen MR) is 88.4 cm³/mol. The van der Waals surface area contributed by atoms with Gasteiger partial charge in [0.05, 0.1) is 27.2 Å². The third-order valence-corrected chi connectivity index (χ3v) is 4.15. The molecule has 1 unspecified atom stereocenters. The molecule has 2 aromatic rings. The first-order chi connectivity index (χ1) is 12.0. The summed E-state index contributed by atoms with van der Waals surface area (Å²) < 4.78 is 21.5. The van der Waals surface area contributed by atoms with Crippen LogP contribution < -0.4 is 18.9 Å². The van der Waals surface area contributed by atoms with E-state index >= 15 is 0 Å². The Balaban J connectivity index is 2.10. The van der Waals surface area contributed by atoms with Crippen LogP contribution in [0.15, 0.2) is 24.3 Å². The molecule has 7 nitrogen and oxygen atoms in total. The van der Waals surface area contributed by atoms with Crippen molar-refractivity contribution < 1.29 is 34.0 Å². The average Bonchev–Trinajstić information content (AvgIpc) is 2.60. The Morgan fingerprint density at radius 3 is 2.24 bits per heavy atom. The molecule has 0 bridgehead atoms. The molecule has 132 valence electrons. The molecule has 1 atom stereocenters. The van der Waals surface area contributed by atoms with Gasteiger partial charge in [0.1, 0.15) is 35.2 Å². The maximum absolute atomic E-state index is 12.9. The van der Waals surface area contributed by atoms with E-state index in [1.54, 1.807) is 12.1 Å². The highest BCUT2D eigenvalue weighted by atomic mass is 16.5. The number of phenolic OH excluding ortho intramolecular Hbond substituents is 2. The molecule has 0 saturated heterocycles. The van der Waals surface area contributed by atoms with Gasteiger partial charge in [-0.05, 0) is 6.07 Å². The van der Waals surface area contributed by atoms with Gasteiger partial charge < -0.3 is 29.2 Å². The summed E-state index contributed by atoms with van der Waals surface area (Å²) in [6, 6.07) is 5.70. The first-order valence-corrected chi connectivity index (χ1v) is 7.53. The second-order valence-electron chi connectivity index (χ2n) is 5.52. The van der Waals surface area contributed by atoms with Gasteiger partial charge >= 0.3 is 0 Å². The zero-order valence-corrected chi connectivity index (χ0v) is 14.0. The van der Waals surface area contributed by atoms with Crippen molar-refractivity contribution in [2.24, 2.45) is 0 Å². The van der Waals surface area contributed by atoms with Crippen molar-refractivity contribution in [3.63, 3.8) is 0 Å². The fourth-order valence-corrected chi connectivity index (χ4v) is 2.93. The van der Waals surface area contributed by atoms with E-state index in [0.717, 1.165) is 6.07 Å². The number of hydrogen-bond acceptors (Lipinski definition) is 7. The number of ether oxygens (including phenoxy) is 4. The average molecular weight is 346 g/mol. The van der Waals surface area contributed by atoms with Gasteiger partial charge in [0, 0.05) is 23.8 Å². The molecular formula is C18H18O7. The molecule has 0 amide bonds. The number of aromatic hydroxyl groups is 2. The van der Waals surface area contributed by atoms with Crippen LogP contribution in [0.25, 0.3) is 0 Å². The van der Waals surface area contributed by atoms with E-state index in [1.165, 1.54) is 27.4 Å². The quantitative estimate of drug-likeness (QED) is 0.878. The number of carbonyl (C=O) groups excluding carboxylic acids is 1.